The number of anilines is 1. The van der Waals surface area contributed by atoms with Gasteiger partial charge >= 0.3 is 6.03 Å². The molecule has 2 fully saturated rings. The lowest BCUT2D eigenvalue weighted by Gasteiger charge is -2.30. The summed E-state index contributed by atoms with van der Waals surface area (Å²) in [6.07, 6.45) is 4.18. The van der Waals surface area contributed by atoms with Crippen LogP contribution in [0.2, 0.25) is 0 Å². The topological polar surface area (TPSA) is 96.3 Å². The molecule has 1 spiro atoms. The molecule has 8 heteroatoms. The lowest BCUT2D eigenvalue weighted by Crippen LogP contribution is -2.48. The normalized spacial score (nSPS) is 18.7. The van der Waals surface area contributed by atoms with E-state index in [1.54, 1.807) is 6.07 Å². The molecule has 0 unspecified atom stereocenters. The van der Waals surface area contributed by atoms with Crippen LogP contribution in [-0.2, 0) is 16.6 Å². The molecule has 4 amide bonds. The van der Waals surface area contributed by atoms with E-state index in [9.17, 15) is 14.4 Å². The Labute approximate surface area is 169 Å². The highest BCUT2D eigenvalue weighted by Gasteiger charge is 2.51. The van der Waals surface area contributed by atoms with Gasteiger partial charge < -0.3 is 15.2 Å². The van der Waals surface area contributed by atoms with Crippen molar-refractivity contribution in [2.24, 2.45) is 7.05 Å². The smallest absolute Gasteiger partial charge is 0.325 e. The third kappa shape index (κ3) is 3.36. The zero-order valence-electron chi connectivity index (χ0n) is 17.1. The molecule has 29 heavy (non-hydrogen) atoms. The van der Waals surface area contributed by atoms with Gasteiger partial charge in [0.2, 0.25) is 5.91 Å². The molecule has 1 saturated carbocycles. The average molecular weight is 397 g/mol. The molecule has 2 heterocycles. The molecule has 154 valence electrons. The standard InChI is InChI=1S/C21H27N5O3/c1-13(2)18-23-15-11-14(7-8-16(15)25(18)3)22-17(27)12-26-19(28)21(24-20(26)29)9-5-4-6-10-21/h7-8,11,13H,4-6,9-10,12H2,1-3H3,(H,22,27)(H,24,29). The summed E-state index contributed by atoms with van der Waals surface area (Å²) in [4.78, 5) is 43.4. The molecule has 0 bridgehead atoms. The summed E-state index contributed by atoms with van der Waals surface area (Å²) >= 11 is 0. The van der Waals surface area contributed by atoms with Gasteiger partial charge in [0.25, 0.3) is 5.91 Å². The molecule has 8 nitrogen and oxygen atoms in total. The Bertz CT molecular complexity index is 988. The Morgan fingerprint density at radius 3 is 2.66 bits per heavy atom. The summed E-state index contributed by atoms with van der Waals surface area (Å²) in [6, 6.07) is 5.05. The van der Waals surface area contributed by atoms with Crippen molar-refractivity contribution in [1.29, 1.82) is 0 Å². The van der Waals surface area contributed by atoms with Gasteiger partial charge in [-0.3, -0.25) is 14.5 Å². The van der Waals surface area contributed by atoms with Crippen molar-refractivity contribution < 1.29 is 14.4 Å². The lowest BCUT2D eigenvalue weighted by atomic mass is 9.82. The van der Waals surface area contributed by atoms with Crippen molar-refractivity contribution in [1.82, 2.24) is 19.8 Å². The largest absolute Gasteiger partial charge is 0.331 e. The Balaban J connectivity index is 1.47. The van der Waals surface area contributed by atoms with Crippen LogP contribution in [0.5, 0.6) is 0 Å². The van der Waals surface area contributed by atoms with E-state index in [-0.39, 0.29) is 18.4 Å². The van der Waals surface area contributed by atoms with Crippen LogP contribution >= 0.6 is 0 Å². The van der Waals surface area contributed by atoms with E-state index in [0.717, 1.165) is 41.0 Å². The molecule has 4 rings (SSSR count). The molecule has 0 atom stereocenters. The second kappa shape index (κ2) is 7.17. The maximum Gasteiger partial charge on any atom is 0.325 e. The lowest BCUT2D eigenvalue weighted by molar-refractivity contribution is -0.134. The number of amides is 4. The number of aromatic nitrogens is 2. The van der Waals surface area contributed by atoms with Crippen LogP contribution in [0.1, 0.15) is 57.7 Å². The van der Waals surface area contributed by atoms with Crippen molar-refractivity contribution in [2.75, 3.05) is 11.9 Å². The predicted octanol–water partition coefficient (Wildman–Crippen LogP) is 2.89. The Morgan fingerprint density at radius 1 is 1.24 bits per heavy atom. The number of rotatable bonds is 4. The van der Waals surface area contributed by atoms with E-state index < -0.39 is 17.5 Å². The summed E-state index contributed by atoms with van der Waals surface area (Å²) in [5.74, 6) is 0.581. The van der Waals surface area contributed by atoms with Gasteiger partial charge in [-0.05, 0) is 31.0 Å². The van der Waals surface area contributed by atoms with Crippen molar-refractivity contribution in [3.63, 3.8) is 0 Å². The number of carbonyl (C=O) groups excluding carboxylic acids is 3. The number of benzene rings is 1. The number of fused-ring (bicyclic) bond motifs is 1. The second-order valence-electron chi connectivity index (χ2n) is 8.40. The Kier molecular flexibility index (Phi) is 4.80. The molecule has 2 N–H and O–H groups in total. The number of aryl methyl sites for hydroxylation is 1. The molecule has 1 aliphatic carbocycles. The fourth-order valence-corrected chi connectivity index (χ4v) is 4.47. The zero-order chi connectivity index (χ0) is 20.8. The number of hydrogen-bond donors (Lipinski definition) is 2. The van der Waals surface area contributed by atoms with Crippen molar-refractivity contribution in [3.05, 3.63) is 24.0 Å². The second-order valence-corrected chi connectivity index (χ2v) is 8.40. The molecule has 0 radical (unpaired) electrons. The molecule has 2 aliphatic rings. The SMILES string of the molecule is CC(C)c1nc2cc(NC(=O)CN3C(=O)NC4(CCCCC4)C3=O)ccc2n1C. The number of carbonyl (C=O) groups is 3. The van der Waals surface area contributed by atoms with Gasteiger partial charge in [-0.25, -0.2) is 9.78 Å². The van der Waals surface area contributed by atoms with Gasteiger partial charge in [-0.15, -0.1) is 0 Å². The van der Waals surface area contributed by atoms with Gasteiger partial charge in [0, 0.05) is 18.7 Å². The fourth-order valence-electron chi connectivity index (χ4n) is 4.47. The van der Waals surface area contributed by atoms with Gasteiger partial charge in [0.1, 0.15) is 17.9 Å². The van der Waals surface area contributed by atoms with Gasteiger partial charge in [0.05, 0.1) is 11.0 Å². The predicted molar refractivity (Wildman–Crippen MR) is 109 cm³/mol. The van der Waals surface area contributed by atoms with Crippen LogP contribution in [0, 0.1) is 0 Å². The first-order valence-electron chi connectivity index (χ1n) is 10.2. The van der Waals surface area contributed by atoms with Crippen molar-refractivity contribution in [3.8, 4) is 0 Å². The average Bonchev–Trinajstić information content (AvgIpc) is 3.12. The summed E-state index contributed by atoms with van der Waals surface area (Å²) in [6.45, 7) is 3.88. The minimum absolute atomic E-state index is 0.279. The van der Waals surface area contributed by atoms with Crippen LogP contribution < -0.4 is 10.6 Å². The van der Waals surface area contributed by atoms with Crippen LogP contribution in [-0.4, -0.2) is 44.4 Å². The molecule has 1 aromatic heterocycles. The van der Waals surface area contributed by atoms with E-state index in [1.807, 2.05) is 23.7 Å². The zero-order valence-corrected chi connectivity index (χ0v) is 17.1. The van der Waals surface area contributed by atoms with Gasteiger partial charge in [-0.2, -0.15) is 0 Å². The van der Waals surface area contributed by atoms with E-state index in [4.69, 9.17) is 0 Å². The first kappa shape index (κ1) is 19.4. The number of hydrogen-bond acceptors (Lipinski definition) is 4. The van der Waals surface area contributed by atoms with Crippen LogP contribution in [0.25, 0.3) is 11.0 Å². The summed E-state index contributed by atoms with van der Waals surface area (Å²) in [5.41, 5.74) is 1.57. The molecule has 2 aromatic rings. The fraction of sp³-hybridized carbons (Fsp3) is 0.524. The minimum Gasteiger partial charge on any atom is -0.331 e. The number of imidazole rings is 1. The van der Waals surface area contributed by atoms with E-state index >= 15 is 0 Å². The first-order valence-corrected chi connectivity index (χ1v) is 10.2. The van der Waals surface area contributed by atoms with E-state index in [2.05, 4.69) is 29.5 Å². The third-order valence-corrected chi connectivity index (χ3v) is 5.97. The number of nitrogens with one attached hydrogen (secondary N) is 2. The number of imide groups is 1. The minimum atomic E-state index is -0.810. The Hall–Kier alpha value is -2.90. The molecule has 1 saturated heterocycles. The van der Waals surface area contributed by atoms with Crippen molar-refractivity contribution in [2.45, 2.75) is 57.4 Å². The number of nitrogens with zero attached hydrogens (tertiary/aromatic N) is 3. The summed E-state index contributed by atoms with van der Waals surface area (Å²) in [5, 5.41) is 5.62. The maximum atomic E-state index is 12.8. The first-order chi connectivity index (χ1) is 13.8. The molecular formula is C21H27N5O3. The molecule has 1 aliphatic heterocycles. The van der Waals surface area contributed by atoms with Gasteiger partial charge in [-0.1, -0.05) is 33.1 Å². The molecular weight excluding hydrogens is 370 g/mol. The number of urea groups is 1. The highest BCUT2D eigenvalue weighted by molar-refractivity contribution is 6.10. The van der Waals surface area contributed by atoms with E-state index in [0.29, 0.717) is 18.5 Å². The van der Waals surface area contributed by atoms with Crippen LogP contribution in [0.15, 0.2) is 18.2 Å². The third-order valence-electron chi connectivity index (χ3n) is 5.97. The highest BCUT2D eigenvalue weighted by atomic mass is 16.2. The summed E-state index contributed by atoms with van der Waals surface area (Å²) < 4.78 is 2.04. The highest BCUT2D eigenvalue weighted by Crippen LogP contribution is 2.33. The van der Waals surface area contributed by atoms with Gasteiger partial charge in [0.15, 0.2) is 0 Å². The molecule has 1 aromatic carbocycles. The maximum absolute atomic E-state index is 12.8. The van der Waals surface area contributed by atoms with Crippen molar-refractivity contribution >= 4 is 34.6 Å². The Morgan fingerprint density at radius 2 is 1.97 bits per heavy atom. The van der Waals surface area contributed by atoms with Crippen LogP contribution in [0.3, 0.4) is 0 Å². The van der Waals surface area contributed by atoms with E-state index in [1.165, 1.54) is 0 Å². The quantitative estimate of drug-likeness (QED) is 0.776. The van der Waals surface area contributed by atoms with Crippen LogP contribution in [0.4, 0.5) is 10.5 Å². The monoisotopic (exact) mass is 397 g/mol. The summed E-state index contributed by atoms with van der Waals surface area (Å²) in [7, 11) is 1.97.